The molecular weight excluding hydrogens is 351 g/mol. The van der Waals surface area contributed by atoms with E-state index >= 15 is 0 Å². The largest absolute Gasteiger partial charge is 0.416 e. The van der Waals surface area contributed by atoms with E-state index in [1.807, 2.05) is 60.7 Å². The molecule has 0 aliphatic rings. The fourth-order valence-corrected chi connectivity index (χ4v) is 2.86. The van der Waals surface area contributed by atoms with Crippen molar-refractivity contribution in [3.05, 3.63) is 90.3 Å². The first-order valence-corrected chi connectivity index (χ1v) is 8.25. The first-order chi connectivity index (χ1) is 13.0. The van der Waals surface area contributed by atoms with Crippen LogP contribution in [0.25, 0.3) is 16.7 Å². The van der Waals surface area contributed by atoms with Gasteiger partial charge in [-0.25, -0.2) is 4.98 Å². The van der Waals surface area contributed by atoms with E-state index in [1.54, 1.807) is 10.8 Å². The van der Waals surface area contributed by atoms with Gasteiger partial charge in [-0.2, -0.15) is 13.2 Å². The van der Waals surface area contributed by atoms with Gasteiger partial charge in [-0.3, -0.25) is 9.56 Å². The van der Waals surface area contributed by atoms with Gasteiger partial charge in [-0.1, -0.05) is 48.5 Å². The number of hydrogen-bond acceptors (Lipinski definition) is 2. The van der Waals surface area contributed by atoms with Crippen LogP contribution in [-0.2, 0) is 6.18 Å². The van der Waals surface area contributed by atoms with Gasteiger partial charge in [0.2, 0.25) is 0 Å². The molecular formula is C21H14F3N3. The lowest BCUT2D eigenvalue weighted by Gasteiger charge is -2.10. The fourth-order valence-electron chi connectivity index (χ4n) is 2.86. The van der Waals surface area contributed by atoms with Gasteiger partial charge < -0.3 is 0 Å². The molecule has 3 nitrogen and oxygen atoms in total. The lowest BCUT2D eigenvalue weighted by atomic mass is 10.1. The van der Waals surface area contributed by atoms with Gasteiger partial charge >= 0.3 is 6.18 Å². The second-order valence-corrected chi connectivity index (χ2v) is 5.98. The summed E-state index contributed by atoms with van der Waals surface area (Å²) in [6.45, 7) is 0. The minimum atomic E-state index is -4.47. The van der Waals surface area contributed by atoms with Crippen molar-refractivity contribution in [3.63, 3.8) is 0 Å². The Morgan fingerprint density at radius 3 is 2.22 bits per heavy atom. The first-order valence-electron chi connectivity index (χ1n) is 8.25. The molecule has 4 aromatic rings. The van der Waals surface area contributed by atoms with Crippen LogP contribution in [0.3, 0.4) is 0 Å². The van der Waals surface area contributed by atoms with Crippen LogP contribution < -0.4 is 0 Å². The number of aliphatic imine (C=N–C) groups is 1. The standard InChI is InChI=1S/C21H14F3N3/c22-21(23,24)16-11-18(25-13-15-7-3-1-4-8-15)20-19(12-16)26-14-27(20)17-9-5-2-6-10-17/h1-14H/b25-13+. The van der Waals surface area contributed by atoms with E-state index in [4.69, 9.17) is 0 Å². The van der Waals surface area contributed by atoms with Gasteiger partial charge in [0, 0.05) is 11.9 Å². The molecule has 0 saturated carbocycles. The van der Waals surface area contributed by atoms with Crippen LogP contribution in [0.2, 0.25) is 0 Å². The van der Waals surface area contributed by atoms with Crippen LogP contribution in [0.1, 0.15) is 11.1 Å². The molecule has 0 saturated heterocycles. The second kappa shape index (κ2) is 6.72. The summed E-state index contributed by atoms with van der Waals surface area (Å²) in [5.74, 6) is 0. The molecule has 0 bridgehead atoms. The van der Waals surface area contributed by atoms with E-state index in [-0.39, 0.29) is 11.2 Å². The Labute approximate surface area is 153 Å². The molecule has 0 spiro atoms. The van der Waals surface area contributed by atoms with Crippen LogP contribution in [0.15, 0.2) is 84.1 Å². The van der Waals surface area contributed by atoms with Crippen molar-refractivity contribution in [2.45, 2.75) is 6.18 Å². The maximum atomic E-state index is 13.3. The highest BCUT2D eigenvalue weighted by atomic mass is 19.4. The molecule has 6 heteroatoms. The lowest BCUT2D eigenvalue weighted by Crippen LogP contribution is -2.05. The van der Waals surface area contributed by atoms with Crippen LogP contribution in [0.5, 0.6) is 0 Å². The number of para-hydroxylation sites is 1. The highest BCUT2D eigenvalue weighted by Crippen LogP contribution is 2.37. The van der Waals surface area contributed by atoms with Crippen LogP contribution in [0.4, 0.5) is 18.9 Å². The van der Waals surface area contributed by atoms with Crippen LogP contribution >= 0.6 is 0 Å². The van der Waals surface area contributed by atoms with Gasteiger partial charge in [0.1, 0.15) is 6.33 Å². The summed E-state index contributed by atoms with van der Waals surface area (Å²) in [5.41, 5.74) is 1.82. The molecule has 1 aromatic heterocycles. The number of aromatic nitrogens is 2. The molecule has 0 fully saturated rings. The highest BCUT2D eigenvalue weighted by molar-refractivity contribution is 5.93. The maximum absolute atomic E-state index is 13.3. The van der Waals surface area contributed by atoms with Crippen molar-refractivity contribution in [1.82, 2.24) is 9.55 Å². The normalized spacial score (nSPS) is 12.1. The SMILES string of the molecule is FC(F)(F)c1cc(/N=C/c2ccccc2)c2c(c1)ncn2-c1ccccc1. The monoisotopic (exact) mass is 365 g/mol. The molecule has 0 amide bonds. The molecule has 4 rings (SSSR count). The molecule has 3 aromatic carbocycles. The molecule has 0 unspecified atom stereocenters. The minimum Gasteiger partial charge on any atom is -0.297 e. The zero-order valence-electron chi connectivity index (χ0n) is 14.1. The molecule has 0 aliphatic heterocycles. The number of alkyl halides is 3. The average molecular weight is 365 g/mol. The number of nitrogens with zero attached hydrogens (tertiary/aromatic N) is 3. The first kappa shape index (κ1) is 17.0. The van der Waals surface area contributed by atoms with Crippen molar-refractivity contribution in [2.75, 3.05) is 0 Å². The van der Waals surface area contributed by atoms with Crippen LogP contribution in [0, 0.1) is 0 Å². The van der Waals surface area contributed by atoms with Crippen molar-refractivity contribution >= 4 is 22.9 Å². The molecule has 1 heterocycles. The third kappa shape index (κ3) is 3.46. The predicted octanol–water partition coefficient (Wildman–Crippen LogP) is 5.79. The van der Waals surface area contributed by atoms with Gasteiger partial charge in [0.25, 0.3) is 0 Å². The van der Waals surface area contributed by atoms with E-state index in [1.165, 1.54) is 6.33 Å². The summed E-state index contributed by atoms with van der Waals surface area (Å²) >= 11 is 0. The molecule has 27 heavy (non-hydrogen) atoms. The molecule has 0 atom stereocenters. The second-order valence-electron chi connectivity index (χ2n) is 5.98. The highest BCUT2D eigenvalue weighted by Gasteiger charge is 2.32. The Hall–Kier alpha value is -3.41. The zero-order valence-corrected chi connectivity index (χ0v) is 14.1. The molecule has 0 aliphatic carbocycles. The third-order valence-electron chi connectivity index (χ3n) is 4.14. The summed E-state index contributed by atoms with van der Waals surface area (Å²) in [4.78, 5) is 8.53. The molecule has 134 valence electrons. The summed E-state index contributed by atoms with van der Waals surface area (Å²) in [5, 5.41) is 0. The Bertz CT molecular complexity index is 1100. The number of halogens is 3. The predicted molar refractivity (Wildman–Crippen MR) is 99.8 cm³/mol. The number of fused-ring (bicyclic) bond motifs is 1. The van der Waals surface area contributed by atoms with Crippen molar-refractivity contribution < 1.29 is 13.2 Å². The van der Waals surface area contributed by atoms with E-state index in [2.05, 4.69) is 9.98 Å². The number of hydrogen-bond donors (Lipinski definition) is 0. The summed E-state index contributed by atoms with van der Waals surface area (Å²) in [6.07, 6.45) is -1.40. The third-order valence-corrected chi connectivity index (χ3v) is 4.14. The van der Waals surface area contributed by atoms with Crippen molar-refractivity contribution in [3.8, 4) is 5.69 Å². The average Bonchev–Trinajstić information content (AvgIpc) is 3.11. The number of imidazole rings is 1. The lowest BCUT2D eigenvalue weighted by molar-refractivity contribution is -0.137. The van der Waals surface area contributed by atoms with E-state index in [0.29, 0.717) is 5.52 Å². The summed E-state index contributed by atoms with van der Waals surface area (Å²) in [7, 11) is 0. The van der Waals surface area contributed by atoms with E-state index in [0.717, 1.165) is 23.4 Å². The Kier molecular flexibility index (Phi) is 4.24. The minimum absolute atomic E-state index is 0.213. The van der Waals surface area contributed by atoms with Gasteiger partial charge in [-0.05, 0) is 29.8 Å². The van der Waals surface area contributed by atoms with E-state index < -0.39 is 11.7 Å². The molecule has 0 N–H and O–H groups in total. The summed E-state index contributed by atoms with van der Waals surface area (Å²) < 4.78 is 41.7. The Balaban J connectivity index is 1.92. The smallest absolute Gasteiger partial charge is 0.297 e. The quantitative estimate of drug-likeness (QED) is 0.422. The van der Waals surface area contributed by atoms with Gasteiger partial charge in [0.05, 0.1) is 22.3 Å². The zero-order chi connectivity index (χ0) is 18.9. The summed E-state index contributed by atoms with van der Waals surface area (Å²) in [6, 6.07) is 20.7. The fraction of sp³-hybridized carbons (Fsp3) is 0.0476. The van der Waals surface area contributed by atoms with Crippen molar-refractivity contribution in [1.29, 1.82) is 0 Å². The maximum Gasteiger partial charge on any atom is 0.416 e. The van der Waals surface area contributed by atoms with Gasteiger partial charge in [0.15, 0.2) is 0 Å². The Morgan fingerprint density at radius 1 is 0.889 bits per heavy atom. The number of rotatable bonds is 3. The van der Waals surface area contributed by atoms with Gasteiger partial charge in [-0.15, -0.1) is 0 Å². The van der Waals surface area contributed by atoms with Crippen molar-refractivity contribution in [2.24, 2.45) is 4.99 Å². The topological polar surface area (TPSA) is 30.2 Å². The Morgan fingerprint density at radius 2 is 1.56 bits per heavy atom. The van der Waals surface area contributed by atoms with Crippen LogP contribution in [-0.4, -0.2) is 15.8 Å². The van der Waals surface area contributed by atoms with E-state index in [9.17, 15) is 13.2 Å². The molecule has 0 radical (unpaired) electrons. The number of benzene rings is 3.